The molecule has 0 unspecified atom stereocenters. The molecule has 1 aliphatic heterocycles. The molecule has 0 saturated carbocycles. The van der Waals surface area contributed by atoms with E-state index in [2.05, 4.69) is 0 Å². The quantitative estimate of drug-likeness (QED) is 0.557. The summed E-state index contributed by atoms with van der Waals surface area (Å²) in [6.45, 7) is 1.43. The maximum atomic E-state index is 8.71. The summed E-state index contributed by atoms with van der Waals surface area (Å²) in [6, 6.07) is 0. The van der Waals surface area contributed by atoms with E-state index in [9.17, 15) is 0 Å². The van der Waals surface area contributed by atoms with Gasteiger partial charge in [-0.2, -0.15) is 0 Å². The number of rotatable bonds is 2. The van der Waals surface area contributed by atoms with Crippen LogP contribution >= 0.6 is 0 Å². The van der Waals surface area contributed by atoms with Crippen molar-refractivity contribution in [2.75, 3.05) is 26.9 Å². The second-order valence-corrected chi connectivity index (χ2v) is 2.25. The van der Waals surface area contributed by atoms with Crippen molar-refractivity contribution < 1.29 is 14.6 Å². The van der Waals surface area contributed by atoms with Crippen molar-refractivity contribution in [1.29, 1.82) is 0 Å². The second-order valence-electron chi connectivity index (χ2n) is 2.25. The average molecular weight is 132 g/mol. The Kier molecular flexibility index (Phi) is 2.45. The lowest BCUT2D eigenvalue weighted by molar-refractivity contribution is 0.0511. The molecule has 3 heteroatoms. The minimum Gasteiger partial charge on any atom is -0.396 e. The zero-order chi connectivity index (χ0) is 6.69. The average Bonchev–Trinajstić information content (AvgIpc) is 2.33. The molecule has 0 aromatic carbocycles. The van der Waals surface area contributed by atoms with Crippen LogP contribution in [0.15, 0.2) is 0 Å². The molecule has 0 amide bonds. The Labute approximate surface area is 54.6 Å². The maximum absolute atomic E-state index is 8.71. The SMILES string of the molecule is CO[C@@H]1COC[C@H]1CO. The Morgan fingerprint density at radius 2 is 2.44 bits per heavy atom. The van der Waals surface area contributed by atoms with Gasteiger partial charge in [0.05, 0.1) is 25.9 Å². The molecular formula is C6H12O3. The molecule has 1 fully saturated rings. The topological polar surface area (TPSA) is 38.7 Å². The van der Waals surface area contributed by atoms with Gasteiger partial charge in [0, 0.05) is 13.0 Å². The summed E-state index contributed by atoms with van der Waals surface area (Å²) in [6.07, 6.45) is 0.106. The van der Waals surface area contributed by atoms with E-state index in [-0.39, 0.29) is 18.6 Å². The third-order valence-corrected chi connectivity index (χ3v) is 1.68. The number of methoxy groups -OCH3 is 1. The molecule has 0 aliphatic carbocycles. The number of ether oxygens (including phenoxy) is 2. The van der Waals surface area contributed by atoms with E-state index < -0.39 is 0 Å². The lowest BCUT2D eigenvalue weighted by atomic mass is 10.1. The molecule has 54 valence electrons. The molecule has 3 nitrogen and oxygen atoms in total. The summed E-state index contributed by atoms with van der Waals surface area (Å²) >= 11 is 0. The normalized spacial score (nSPS) is 35.3. The lowest BCUT2D eigenvalue weighted by Crippen LogP contribution is -2.23. The Balaban J connectivity index is 2.32. The van der Waals surface area contributed by atoms with Crippen LogP contribution in [0.5, 0.6) is 0 Å². The van der Waals surface area contributed by atoms with Gasteiger partial charge in [-0.05, 0) is 0 Å². The van der Waals surface area contributed by atoms with Crippen molar-refractivity contribution in [3.63, 3.8) is 0 Å². The standard InChI is InChI=1S/C6H12O3/c1-8-6-4-9-3-5(6)2-7/h5-7H,2-4H2,1H3/t5-,6-/m1/s1. The zero-order valence-corrected chi connectivity index (χ0v) is 5.54. The Morgan fingerprint density at radius 1 is 1.67 bits per heavy atom. The summed E-state index contributed by atoms with van der Waals surface area (Å²) in [4.78, 5) is 0. The van der Waals surface area contributed by atoms with Crippen molar-refractivity contribution in [3.8, 4) is 0 Å². The van der Waals surface area contributed by atoms with Crippen molar-refractivity contribution in [1.82, 2.24) is 0 Å². The fourth-order valence-corrected chi connectivity index (χ4v) is 1.01. The van der Waals surface area contributed by atoms with Crippen molar-refractivity contribution >= 4 is 0 Å². The molecule has 1 rings (SSSR count). The van der Waals surface area contributed by atoms with Gasteiger partial charge < -0.3 is 14.6 Å². The summed E-state index contributed by atoms with van der Waals surface area (Å²) in [7, 11) is 1.64. The van der Waals surface area contributed by atoms with E-state index >= 15 is 0 Å². The predicted molar refractivity (Wildman–Crippen MR) is 32.2 cm³/mol. The fraction of sp³-hybridized carbons (Fsp3) is 1.00. The summed E-state index contributed by atoms with van der Waals surface area (Å²) in [5.74, 6) is 0.190. The fourth-order valence-electron chi connectivity index (χ4n) is 1.01. The van der Waals surface area contributed by atoms with Crippen LogP contribution < -0.4 is 0 Å². The van der Waals surface area contributed by atoms with E-state index in [0.29, 0.717) is 13.2 Å². The number of aliphatic hydroxyl groups is 1. The Morgan fingerprint density at radius 3 is 2.89 bits per heavy atom. The molecular weight excluding hydrogens is 120 g/mol. The largest absolute Gasteiger partial charge is 0.396 e. The van der Waals surface area contributed by atoms with Gasteiger partial charge in [-0.15, -0.1) is 0 Å². The third kappa shape index (κ3) is 1.41. The van der Waals surface area contributed by atoms with Crippen LogP contribution in [0.1, 0.15) is 0 Å². The van der Waals surface area contributed by atoms with Gasteiger partial charge in [-0.1, -0.05) is 0 Å². The Bertz CT molecular complexity index is 74.4. The highest BCUT2D eigenvalue weighted by Crippen LogP contribution is 2.14. The molecule has 0 aromatic heterocycles. The highest BCUT2D eigenvalue weighted by Gasteiger charge is 2.26. The first-order valence-corrected chi connectivity index (χ1v) is 3.10. The second kappa shape index (κ2) is 3.15. The minimum atomic E-state index is 0.106. The van der Waals surface area contributed by atoms with E-state index in [1.807, 2.05) is 0 Å². The molecule has 0 radical (unpaired) electrons. The van der Waals surface area contributed by atoms with Crippen LogP contribution in [0.4, 0.5) is 0 Å². The third-order valence-electron chi connectivity index (χ3n) is 1.68. The summed E-state index contributed by atoms with van der Waals surface area (Å²) in [5, 5.41) is 8.71. The molecule has 2 atom stereocenters. The highest BCUT2D eigenvalue weighted by molar-refractivity contribution is 4.73. The molecule has 0 bridgehead atoms. The van der Waals surface area contributed by atoms with Gasteiger partial charge in [0.25, 0.3) is 0 Å². The maximum Gasteiger partial charge on any atom is 0.0876 e. The molecule has 1 N–H and O–H groups in total. The first kappa shape index (κ1) is 6.99. The molecule has 1 aliphatic rings. The highest BCUT2D eigenvalue weighted by atomic mass is 16.5. The van der Waals surface area contributed by atoms with Crippen LogP contribution in [0.3, 0.4) is 0 Å². The van der Waals surface area contributed by atoms with Crippen LogP contribution in [0.25, 0.3) is 0 Å². The molecule has 1 saturated heterocycles. The first-order chi connectivity index (χ1) is 4.38. The van der Waals surface area contributed by atoms with Gasteiger partial charge in [0.2, 0.25) is 0 Å². The number of hydrogen-bond acceptors (Lipinski definition) is 3. The summed E-state index contributed by atoms with van der Waals surface area (Å²) < 4.78 is 10.1. The van der Waals surface area contributed by atoms with E-state index in [4.69, 9.17) is 14.6 Å². The first-order valence-electron chi connectivity index (χ1n) is 3.10. The van der Waals surface area contributed by atoms with Crippen LogP contribution in [-0.2, 0) is 9.47 Å². The van der Waals surface area contributed by atoms with E-state index in [0.717, 1.165) is 0 Å². The number of hydrogen-bond donors (Lipinski definition) is 1. The van der Waals surface area contributed by atoms with E-state index in [1.54, 1.807) is 7.11 Å². The molecule has 0 aromatic rings. The van der Waals surface area contributed by atoms with Crippen LogP contribution in [0.2, 0.25) is 0 Å². The molecule has 1 heterocycles. The minimum absolute atomic E-state index is 0.106. The van der Waals surface area contributed by atoms with E-state index in [1.165, 1.54) is 0 Å². The van der Waals surface area contributed by atoms with Crippen LogP contribution in [-0.4, -0.2) is 38.1 Å². The monoisotopic (exact) mass is 132 g/mol. The van der Waals surface area contributed by atoms with Crippen molar-refractivity contribution in [2.24, 2.45) is 5.92 Å². The van der Waals surface area contributed by atoms with Gasteiger partial charge in [0.15, 0.2) is 0 Å². The molecule has 0 spiro atoms. The molecule has 9 heavy (non-hydrogen) atoms. The van der Waals surface area contributed by atoms with Gasteiger partial charge >= 0.3 is 0 Å². The zero-order valence-electron chi connectivity index (χ0n) is 5.54. The van der Waals surface area contributed by atoms with Gasteiger partial charge in [-0.25, -0.2) is 0 Å². The smallest absolute Gasteiger partial charge is 0.0876 e. The number of aliphatic hydroxyl groups excluding tert-OH is 1. The summed E-state index contributed by atoms with van der Waals surface area (Å²) in [5.41, 5.74) is 0. The lowest BCUT2D eigenvalue weighted by Gasteiger charge is -2.11. The predicted octanol–water partition coefficient (Wildman–Crippen LogP) is -0.360. The van der Waals surface area contributed by atoms with Crippen molar-refractivity contribution in [2.45, 2.75) is 6.10 Å². The Hall–Kier alpha value is -0.120. The van der Waals surface area contributed by atoms with Crippen LogP contribution in [0, 0.1) is 5.92 Å². The van der Waals surface area contributed by atoms with Gasteiger partial charge in [-0.3, -0.25) is 0 Å². The van der Waals surface area contributed by atoms with Gasteiger partial charge in [0.1, 0.15) is 0 Å². The van der Waals surface area contributed by atoms with Crippen molar-refractivity contribution in [3.05, 3.63) is 0 Å².